The van der Waals surface area contributed by atoms with Crippen LogP contribution in [0.3, 0.4) is 0 Å². The predicted molar refractivity (Wildman–Crippen MR) is 153 cm³/mol. The fourth-order valence-electron chi connectivity index (χ4n) is 4.61. The molecule has 0 aliphatic heterocycles. The normalized spacial score (nSPS) is 11.1. The molecule has 0 saturated carbocycles. The number of carbonyl (C=O) groups excluding carboxylic acids is 1. The summed E-state index contributed by atoms with van der Waals surface area (Å²) in [6.45, 7) is 0. The zero-order valence-electron chi connectivity index (χ0n) is 22.4. The first kappa shape index (κ1) is 26.5. The van der Waals surface area contributed by atoms with Crippen LogP contribution in [0.15, 0.2) is 109 Å². The highest BCUT2D eigenvalue weighted by atomic mass is 16.6. The number of hydrazine groups is 1. The maximum absolute atomic E-state index is 13.1. The molecule has 2 N–H and O–H groups in total. The van der Waals surface area contributed by atoms with Crippen molar-refractivity contribution in [1.82, 2.24) is 15.8 Å². The van der Waals surface area contributed by atoms with E-state index < -0.39 is 11.6 Å². The van der Waals surface area contributed by atoms with Crippen LogP contribution in [0.5, 0.6) is 23.1 Å². The highest BCUT2D eigenvalue weighted by Gasteiger charge is 2.37. The van der Waals surface area contributed by atoms with E-state index in [9.17, 15) is 4.79 Å². The van der Waals surface area contributed by atoms with Gasteiger partial charge in [0, 0.05) is 11.5 Å². The number of rotatable bonds is 9. The maximum Gasteiger partial charge on any atom is 0.428 e. The quantitative estimate of drug-likeness (QED) is 0.181. The van der Waals surface area contributed by atoms with Gasteiger partial charge in [-0.25, -0.2) is 15.2 Å². The summed E-state index contributed by atoms with van der Waals surface area (Å²) >= 11 is 0. The fraction of sp³-hybridized carbons (Fsp3) is 0.125. The molecule has 8 nitrogen and oxygen atoms in total. The molecule has 0 radical (unpaired) electrons. The van der Waals surface area contributed by atoms with Gasteiger partial charge in [0.05, 0.1) is 26.8 Å². The Morgan fingerprint density at radius 3 is 1.57 bits per heavy atom. The van der Waals surface area contributed by atoms with Crippen molar-refractivity contribution >= 4 is 17.0 Å². The summed E-state index contributed by atoms with van der Waals surface area (Å²) in [6.07, 6.45) is -0.720. The highest BCUT2D eigenvalue weighted by molar-refractivity contribution is 5.79. The summed E-state index contributed by atoms with van der Waals surface area (Å²) in [4.78, 5) is 17.5. The van der Waals surface area contributed by atoms with Gasteiger partial charge in [-0.05, 0) is 65.2 Å². The van der Waals surface area contributed by atoms with Crippen molar-refractivity contribution in [2.75, 3.05) is 21.3 Å². The molecule has 0 atom stereocenters. The van der Waals surface area contributed by atoms with Crippen LogP contribution in [0.4, 0.5) is 4.79 Å². The second-order valence-electron chi connectivity index (χ2n) is 8.92. The Morgan fingerprint density at radius 2 is 1.10 bits per heavy atom. The van der Waals surface area contributed by atoms with E-state index in [1.165, 1.54) is 0 Å². The number of fused-ring (bicyclic) bond motifs is 1. The molecular formula is C32H29N3O5. The van der Waals surface area contributed by atoms with Gasteiger partial charge in [-0.1, -0.05) is 54.6 Å². The van der Waals surface area contributed by atoms with Crippen molar-refractivity contribution < 1.29 is 23.7 Å². The lowest BCUT2D eigenvalue weighted by molar-refractivity contribution is 0.188. The second kappa shape index (κ2) is 11.8. The van der Waals surface area contributed by atoms with E-state index in [-0.39, 0.29) is 5.88 Å². The van der Waals surface area contributed by atoms with E-state index in [0.29, 0.717) is 17.2 Å². The number of hydrogen-bond acceptors (Lipinski definition) is 7. The first-order chi connectivity index (χ1) is 19.5. The number of nitrogens with one attached hydrogen (secondary N) is 2. The van der Waals surface area contributed by atoms with Crippen LogP contribution in [-0.4, -0.2) is 32.4 Å². The maximum atomic E-state index is 13.1. The van der Waals surface area contributed by atoms with Gasteiger partial charge >= 0.3 is 6.09 Å². The summed E-state index contributed by atoms with van der Waals surface area (Å²) in [5, 5.41) is 0.950. The molecule has 1 amide bonds. The van der Waals surface area contributed by atoms with E-state index >= 15 is 0 Å². The first-order valence-corrected chi connectivity index (χ1v) is 12.6. The van der Waals surface area contributed by atoms with Gasteiger partial charge in [-0.2, -0.15) is 0 Å². The Balaban J connectivity index is 1.55. The van der Waals surface area contributed by atoms with Crippen molar-refractivity contribution in [2.24, 2.45) is 0 Å². The largest absolute Gasteiger partial charge is 0.497 e. The molecule has 0 saturated heterocycles. The predicted octanol–water partition coefficient (Wildman–Crippen LogP) is 5.85. The third-order valence-electron chi connectivity index (χ3n) is 6.69. The Kier molecular flexibility index (Phi) is 7.80. The van der Waals surface area contributed by atoms with Crippen LogP contribution in [0.25, 0.3) is 10.9 Å². The van der Waals surface area contributed by atoms with Crippen LogP contribution < -0.4 is 29.8 Å². The number of hydrogen-bond donors (Lipinski definition) is 2. The van der Waals surface area contributed by atoms with E-state index in [4.69, 9.17) is 18.9 Å². The average Bonchev–Trinajstić information content (AvgIpc) is 3.02. The second-order valence-corrected chi connectivity index (χ2v) is 8.92. The number of carbonyl (C=O) groups is 1. The van der Waals surface area contributed by atoms with Gasteiger partial charge in [0.2, 0.25) is 5.88 Å². The van der Waals surface area contributed by atoms with Gasteiger partial charge in [0.25, 0.3) is 0 Å². The third-order valence-corrected chi connectivity index (χ3v) is 6.69. The SMILES string of the molecule is COc1ccc(C(NNC(=O)Oc2ccc3ccccc3n2)(c2ccc(OC)cc2)c2ccc(OC)cc2)cc1. The van der Waals surface area contributed by atoms with Crippen LogP contribution in [-0.2, 0) is 5.54 Å². The number of para-hydroxylation sites is 1. The molecule has 1 heterocycles. The number of pyridine rings is 1. The van der Waals surface area contributed by atoms with E-state index in [0.717, 1.165) is 27.6 Å². The summed E-state index contributed by atoms with van der Waals surface area (Å²) in [5.41, 5.74) is 8.24. The Morgan fingerprint density at radius 1 is 0.625 bits per heavy atom. The summed E-state index contributed by atoms with van der Waals surface area (Å²) in [6, 6.07) is 34.0. The topological polar surface area (TPSA) is 90.9 Å². The van der Waals surface area contributed by atoms with Crippen LogP contribution in [0, 0.1) is 0 Å². The number of nitrogens with zero attached hydrogens (tertiary/aromatic N) is 1. The standard InChI is InChI=1S/C32H29N3O5/c1-37-26-15-9-23(10-16-26)32(24-11-17-27(38-2)18-12-24,25-13-19-28(39-3)20-14-25)35-34-31(36)40-30-21-8-22-6-4-5-7-29(22)33-30/h4-21,35H,1-3H3,(H,34,36). The first-order valence-electron chi connectivity index (χ1n) is 12.6. The molecule has 0 bridgehead atoms. The zero-order chi connectivity index (χ0) is 28.0. The fourth-order valence-corrected chi connectivity index (χ4v) is 4.61. The van der Waals surface area contributed by atoms with E-state index in [2.05, 4.69) is 15.8 Å². The van der Waals surface area contributed by atoms with Crippen molar-refractivity contribution in [3.8, 4) is 23.1 Å². The Hall–Kier alpha value is -5.08. The number of benzene rings is 4. The number of amides is 1. The minimum absolute atomic E-state index is 0.182. The highest BCUT2D eigenvalue weighted by Crippen LogP contribution is 2.38. The smallest absolute Gasteiger partial charge is 0.428 e. The van der Waals surface area contributed by atoms with E-state index in [1.807, 2.05) is 103 Å². The summed E-state index contributed by atoms with van der Waals surface area (Å²) in [5.74, 6) is 2.30. The lowest BCUT2D eigenvalue weighted by atomic mass is 9.77. The molecule has 0 unspecified atom stereocenters. The van der Waals surface area contributed by atoms with Gasteiger partial charge in [-0.15, -0.1) is 0 Å². The third kappa shape index (κ3) is 5.39. The molecule has 0 aliphatic carbocycles. The molecule has 1 aromatic heterocycles. The molecule has 0 spiro atoms. The van der Waals surface area contributed by atoms with Gasteiger partial charge < -0.3 is 18.9 Å². The van der Waals surface area contributed by atoms with Crippen LogP contribution >= 0.6 is 0 Å². The number of methoxy groups -OCH3 is 3. The summed E-state index contributed by atoms with van der Waals surface area (Å²) < 4.78 is 21.7. The summed E-state index contributed by atoms with van der Waals surface area (Å²) in [7, 11) is 4.85. The molecule has 8 heteroatoms. The van der Waals surface area contributed by atoms with Crippen molar-refractivity contribution in [3.05, 3.63) is 126 Å². The zero-order valence-corrected chi connectivity index (χ0v) is 22.4. The molecule has 202 valence electrons. The van der Waals surface area contributed by atoms with E-state index in [1.54, 1.807) is 27.4 Å². The Labute approximate surface area is 232 Å². The van der Waals surface area contributed by atoms with Crippen molar-refractivity contribution in [1.29, 1.82) is 0 Å². The van der Waals surface area contributed by atoms with Crippen LogP contribution in [0.1, 0.15) is 16.7 Å². The molecule has 0 fully saturated rings. The van der Waals surface area contributed by atoms with Crippen LogP contribution in [0.2, 0.25) is 0 Å². The lowest BCUT2D eigenvalue weighted by Gasteiger charge is -2.37. The lowest BCUT2D eigenvalue weighted by Crippen LogP contribution is -2.54. The molecule has 4 aromatic carbocycles. The molecule has 5 rings (SSSR count). The number of ether oxygens (including phenoxy) is 4. The minimum atomic E-state index is -1.04. The van der Waals surface area contributed by atoms with Gasteiger partial charge in [0.15, 0.2) is 0 Å². The monoisotopic (exact) mass is 535 g/mol. The average molecular weight is 536 g/mol. The minimum Gasteiger partial charge on any atom is -0.497 e. The van der Waals surface area contributed by atoms with Crippen molar-refractivity contribution in [3.63, 3.8) is 0 Å². The molecular weight excluding hydrogens is 506 g/mol. The number of aromatic nitrogens is 1. The van der Waals surface area contributed by atoms with Gasteiger partial charge in [0.1, 0.15) is 22.8 Å². The van der Waals surface area contributed by atoms with Gasteiger partial charge in [-0.3, -0.25) is 5.43 Å². The van der Waals surface area contributed by atoms with Crippen molar-refractivity contribution in [2.45, 2.75) is 5.54 Å². The Bertz CT molecular complexity index is 1470. The molecule has 5 aromatic rings. The molecule has 40 heavy (non-hydrogen) atoms. The molecule has 0 aliphatic rings.